The zero-order valence-electron chi connectivity index (χ0n) is 16.7. The Morgan fingerprint density at radius 1 is 1.21 bits per heavy atom. The molecule has 0 aliphatic heterocycles. The predicted octanol–water partition coefficient (Wildman–Crippen LogP) is 3.92. The Balaban J connectivity index is 1.65. The lowest BCUT2D eigenvalue weighted by atomic mass is 9.89. The molecule has 0 spiro atoms. The third kappa shape index (κ3) is 4.64. The fourth-order valence-corrected chi connectivity index (χ4v) is 3.81. The molecule has 4 rings (SSSR count). The van der Waals surface area contributed by atoms with Gasteiger partial charge in [0.2, 0.25) is 0 Å². The molecule has 0 aromatic carbocycles. The van der Waals surface area contributed by atoms with Crippen LogP contribution < -0.4 is 16.0 Å². The van der Waals surface area contributed by atoms with E-state index in [1.165, 1.54) is 32.1 Å². The second kappa shape index (κ2) is 8.89. The van der Waals surface area contributed by atoms with Crippen LogP contribution in [0.1, 0.15) is 39.0 Å². The Bertz CT molecular complexity index is 964. The van der Waals surface area contributed by atoms with Crippen molar-refractivity contribution >= 4 is 23.4 Å². The number of hydrogen-bond acceptors (Lipinski definition) is 5. The zero-order valence-corrected chi connectivity index (χ0v) is 16.7. The quantitative estimate of drug-likeness (QED) is 0.590. The van der Waals surface area contributed by atoms with Crippen LogP contribution in [0.25, 0.3) is 16.8 Å². The molecular weight excluding hydrogens is 366 g/mol. The fraction of sp³-hybridized carbons (Fsp3) is 0.429. The van der Waals surface area contributed by atoms with Crippen LogP contribution >= 0.6 is 0 Å². The van der Waals surface area contributed by atoms with Crippen LogP contribution in [-0.4, -0.2) is 38.7 Å². The highest BCUT2D eigenvalue weighted by Crippen LogP contribution is 2.27. The molecule has 0 unspecified atom stereocenters. The zero-order chi connectivity index (χ0) is 20.1. The van der Waals surface area contributed by atoms with Gasteiger partial charge in [-0.15, -0.1) is 5.10 Å². The summed E-state index contributed by atoms with van der Waals surface area (Å²) < 4.78 is 1.75. The largest absolute Gasteiger partial charge is 0.370 e. The van der Waals surface area contributed by atoms with E-state index in [-0.39, 0.29) is 12.0 Å². The highest BCUT2D eigenvalue weighted by atomic mass is 16.2. The van der Waals surface area contributed by atoms with Crippen molar-refractivity contribution in [2.75, 3.05) is 23.7 Å². The molecule has 29 heavy (non-hydrogen) atoms. The average molecular weight is 393 g/mol. The number of hydrogen-bond donors (Lipinski definition) is 3. The van der Waals surface area contributed by atoms with Crippen molar-refractivity contribution in [1.82, 2.24) is 24.9 Å². The van der Waals surface area contributed by atoms with Gasteiger partial charge in [0.15, 0.2) is 5.65 Å². The number of rotatable bonds is 6. The highest BCUT2D eigenvalue weighted by molar-refractivity contribution is 5.87. The van der Waals surface area contributed by atoms with Gasteiger partial charge in [0.1, 0.15) is 5.82 Å². The first-order valence-corrected chi connectivity index (χ1v) is 10.3. The van der Waals surface area contributed by atoms with E-state index in [2.05, 4.69) is 37.1 Å². The normalized spacial score (nSPS) is 14.7. The van der Waals surface area contributed by atoms with Crippen LogP contribution in [-0.2, 0) is 0 Å². The number of carbonyl (C=O) groups is 1. The van der Waals surface area contributed by atoms with Crippen molar-refractivity contribution < 1.29 is 4.79 Å². The first kappa shape index (κ1) is 19.2. The highest BCUT2D eigenvalue weighted by Gasteiger charge is 2.16. The molecule has 3 aromatic heterocycles. The molecule has 0 radical (unpaired) electrons. The lowest BCUT2D eigenvalue weighted by Gasteiger charge is -2.22. The summed E-state index contributed by atoms with van der Waals surface area (Å²) in [6.07, 6.45) is 10.1. The first-order valence-electron chi connectivity index (χ1n) is 10.3. The average Bonchev–Trinajstić information content (AvgIpc) is 3.16. The molecule has 3 aromatic rings. The van der Waals surface area contributed by atoms with Crippen LogP contribution in [0.5, 0.6) is 0 Å². The standard InChI is InChI=1S/C21H27N7O/c1-2-23-21(29)26-20-25-19-12-17(16-9-6-10-22-14-16)11-18(28(19)27-20)24-13-15-7-4-3-5-8-15/h6,9-12,14-15,24H,2-5,7-8,13H2,1H3,(H2,23,26,27,29). The predicted molar refractivity (Wildman–Crippen MR) is 114 cm³/mol. The second-order valence-corrected chi connectivity index (χ2v) is 7.45. The molecule has 8 heteroatoms. The number of aromatic nitrogens is 4. The third-order valence-electron chi connectivity index (χ3n) is 5.29. The van der Waals surface area contributed by atoms with E-state index in [0.29, 0.717) is 18.1 Å². The van der Waals surface area contributed by atoms with Gasteiger partial charge in [-0.1, -0.05) is 25.3 Å². The second-order valence-electron chi connectivity index (χ2n) is 7.45. The number of urea groups is 1. The lowest BCUT2D eigenvalue weighted by molar-refractivity contribution is 0.252. The number of anilines is 2. The summed E-state index contributed by atoms with van der Waals surface area (Å²) in [7, 11) is 0. The van der Waals surface area contributed by atoms with Crippen molar-refractivity contribution in [1.29, 1.82) is 0 Å². The molecule has 0 bridgehead atoms. The van der Waals surface area contributed by atoms with Crippen LogP contribution in [0.2, 0.25) is 0 Å². The molecule has 3 heterocycles. The molecule has 152 valence electrons. The van der Waals surface area contributed by atoms with Crippen molar-refractivity contribution in [3.63, 3.8) is 0 Å². The number of fused-ring (bicyclic) bond motifs is 1. The Labute approximate surface area is 170 Å². The van der Waals surface area contributed by atoms with E-state index in [4.69, 9.17) is 0 Å². The fourth-order valence-electron chi connectivity index (χ4n) is 3.81. The Morgan fingerprint density at radius 2 is 2.07 bits per heavy atom. The summed E-state index contributed by atoms with van der Waals surface area (Å²) in [6, 6.07) is 7.65. The molecule has 1 saturated carbocycles. The minimum Gasteiger partial charge on any atom is -0.370 e. The Kier molecular flexibility index (Phi) is 5.88. The molecule has 8 nitrogen and oxygen atoms in total. The minimum absolute atomic E-state index is 0.278. The van der Waals surface area contributed by atoms with Gasteiger partial charge < -0.3 is 10.6 Å². The molecule has 0 saturated heterocycles. The van der Waals surface area contributed by atoms with E-state index in [1.807, 2.05) is 31.3 Å². The molecule has 0 atom stereocenters. The maximum atomic E-state index is 11.9. The molecule has 3 N–H and O–H groups in total. The lowest BCUT2D eigenvalue weighted by Crippen LogP contribution is -2.28. The molecule has 1 aliphatic rings. The van der Waals surface area contributed by atoms with E-state index in [0.717, 1.165) is 23.5 Å². The van der Waals surface area contributed by atoms with E-state index in [1.54, 1.807) is 10.7 Å². The van der Waals surface area contributed by atoms with Gasteiger partial charge in [0.25, 0.3) is 5.95 Å². The Morgan fingerprint density at radius 3 is 2.83 bits per heavy atom. The number of nitrogens with one attached hydrogen (secondary N) is 3. The van der Waals surface area contributed by atoms with Crippen LogP contribution in [0.3, 0.4) is 0 Å². The number of carbonyl (C=O) groups excluding carboxylic acids is 1. The number of pyridine rings is 2. The third-order valence-corrected chi connectivity index (χ3v) is 5.29. The summed E-state index contributed by atoms with van der Waals surface area (Å²) in [5, 5.41) is 13.4. The van der Waals surface area contributed by atoms with Crippen molar-refractivity contribution in [2.45, 2.75) is 39.0 Å². The topological polar surface area (TPSA) is 96.2 Å². The summed E-state index contributed by atoms with van der Waals surface area (Å²) in [5.74, 6) is 1.82. The van der Waals surface area contributed by atoms with Gasteiger partial charge in [0, 0.05) is 31.0 Å². The summed E-state index contributed by atoms with van der Waals surface area (Å²) in [6.45, 7) is 3.31. The summed E-state index contributed by atoms with van der Waals surface area (Å²) in [5.41, 5.74) is 2.69. The monoisotopic (exact) mass is 393 g/mol. The van der Waals surface area contributed by atoms with E-state index in [9.17, 15) is 4.79 Å². The van der Waals surface area contributed by atoms with E-state index < -0.39 is 0 Å². The van der Waals surface area contributed by atoms with Gasteiger partial charge >= 0.3 is 6.03 Å². The van der Waals surface area contributed by atoms with Crippen molar-refractivity contribution in [3.05, 3.63) is 36.7 Å². The maximum Gasteiger partial charge on any atom is 0.321 e. The minimum atomic E-state index is -0.312. The van der Waals surface area contributed by atoms with Gasteiger partial charge in [-0.2, -0.15) is 9.50 Å². The maximum absolute atomic E-state index is 11.9. The smallest absolute Gasteiger partial charge is 0.321 e. The van der Waals surface area contributed by atoms with Crippen LogP contribution in [0.15, 0.2) is 36.7 Å². The van der Waals surface area contributed by atoms with Gasteiger partial charge in [-0.05, 0) is 49.4 Å². The number of amides is 2. The number of nitrogens with zero attached hydrogens (tertiary/aromatic N) is 4. The van der Waals surface area contributed by atoms with Crippen molar-refractivity contribution in [2.24, 2.45) is 5.92 Å². The molecular formula is C21H27N7O. The van der Waals surface area contributed by atoms with Crippen LogP contribution in [0, 0.1) is 5.92 Å². The first-order chi connectivity index (χ1) is 14.2. The summed E-state index contributed by atoms with van der Waals surface area (Å²) >= 11 is 0. The van der Waals surface area contributed by atoms with Gasteiger partial charge in [-0.3, -0.25) is 10.3 Å². The SMILES string of the molecule is CCNC(=O)Nc1nc2cc(-c3cccnc3)cc(NCC3CCCCC3)n2n1. The Hall–Kier alpha value is -3.16. The van der Waals surface area contributed by atoms with Gasteiger partial charge in [0.05, 0.1) is 0 Å². The molecule has 2 amide bonds. The van der Waals surface area contributed by atoms with Gasteiger partial charge in [-0.25, -0.2) is 4.79 Å². The van der Waals surface area contributed by atoms with E-state index >= 15 is 0 Å². The summed E-state index contributed by atoms with van der Waals surface area (Å²) in [4.78, 5) is 20.6. The van der Waals surface area contributed by atoms with Crippen molar-refractivity contribution in [3.8, 4) is 11.1 Å². The molecule has 1 aliphatic carbocycles. The molecule has 1 fully saturated rings. The van der Waals surface area contributed by atoms with Crippen LogP contribution in [0.4, 0.5) is 16.6 Å².